The molecule has 2 aromatic heterocycles. The van der Waals surface area contributed by atoms with E-state index in [1.807, 2.05) is 12.1 Å². The van der Waals surface area contributed by atoms with Crippen LogP contribution in [0.15, 0.2) is 40.2 Å². The first kappa shape index (κ1) is 15.2. The van der Waals surface area contributed by atoms with Crippen molar-refractivity contribution in [3.05, 3.63) is 50.6 Å². The summed E-state index contributed by atoms with van der Waals surface area (Å²) in [6.07, 6.45) is -4.39. The van der Waals surface area contributed by atoms with Gasteiger partial charge in [0.05, 0.1) is 15.9 Å². The van der Waals surface area contributed by atoms with Gasteiger partial charge in [-0.1, -0.05) is 12.1 Å². The Hall–Kier alpha value is -1.74. The van der Waals surface area contributed by atoms with Crippen LogP contribution in [0.5, 0.6) is 0 Å². The van der Waals surface area contributed by atoms with Gasteiger partial charge in [-0.15, -0.1) is 21.5 Å². The maximum Gasteiger partial charge on any atom is 0.416 e. The van der Waals surface area contributed by atoms with E-state index in [9.17, 15) is 13.2 Å². The zero-order chi connectivity index (χ0) is 15.7. The fourth-order valence-corrected chi connectivity index (χ4v) is 3.30. The fraction of sp³-hybridized carbons (Fsp3) is 0.154. The third-order valence-electron chi connectivity index (χ3n) is 2.83. The number of halogens is 4. The van der Waals surface area contributed by atoms with E-state index in [0.29, 0.717) is 6.54 Å². The van der Waals surface area contributed by atoms with Crippen LogP contribution in [-0.4, -0.2) is 20.2 Å². The molecule has 0 atom stereocenters. The lowest BCUT2D eigenvalue weighted by Crippen LogP contribution is -2.04. The molecule has 0 saturated heterocycles. The van der Waals surface area contributed by atoms with Gasteiger partial charge in [-0.05, 0) is 45.4 Å². The predicted octanol–water partition coefficient (Wildman–Crippen LogP) is 4.23. The molecule has 3 aromatic rings. The summed E-state index contributed by atoms with van der Waals surface area (Å²) in [5.74, 6) is 0.168. The van der Waals surface area contributed by atoms with Crippen LogP contribution in [0.25, 0.3) is 11.4 Å². The van der Waals surface area contributed by atoms with E-state index in [1.165, 1.54) is 28.3 Å². The summed E-state index contributed by atoms with van der Waals surface area (Å²) in [6, 6.07) is 8.71. The van der Waals surface area contributed by atoms with E-state index in [1.54, 1.807) is 0 Å². The topological polar surface area (TPSA) is 43.6 Å². The lowest BCUT2D eigenvalue weighted by molar-refractivity contribution is -0.137. The molecule has 0 aliphatic heterocycles. The maximum atomic E-state index is 12.7. The maximum absolute atomic E-state index is 12.7. The Morgan fingerprint density at radius 2 is 2.00 bits per heavy atom. The van der Waals surface area contributed by atoms with Crippen molar-refractivity contribution in [2.75, 3.05) is 0 Å². The van der Waals surface area contributed by atoms with Gasteiger partial charge in [0, 0.05) is 10.4 Å². The molecular weight excluding hydrogens is 381 g/mol. The smallest absolute Gasteiger partial charge is 0.166 e. The Balaban J connectivity index is 1.84. The normalized spacial score (nSPS) is 11.8. The summed E-state index contributed by atoms with van der Waals surface area (Å²) in [6.45, 7) is 0.419. The Bertz CT molecular complexity index is 796. The molecule has 2 heterocycles. The number of aromatic nitrogens is 4. The zero-order valence-electron chi connectivity index (χ0n) is 10.9. The van der Waals surface area contributed by atoms with Crippen molar-refractivity contribution in [3.63, 3.8) is 0 Å². The summed E-state index contributed by atoms with van der Waals surface area (Å²) in [4.78, 5) is 2.37. The monoisotopic (exact) mass is 388 g/mol. The van der Waals surface area contributed by atoms with E-state index in [-0.39, 0.29) is 11.4 Å². The van der Waals surface area contributed by atoms with E-state index < -0.39 is 11.7 Å². The lowest BCUT2D eigenvalue weighted by Gasteiger charge is -2.06. The van der Waals surface area contributed by atoms with Crippen LogP contribution in [-0.2, 0) is 12.7 Å². The molecule has 0 saturated carbocycles. The highest BCUT2D eigenvalue weighted by Gasteiger charge is 2.30. The number of thiophene rings is 1. The first-order valence-corrected chi connectivity index (χ1v) is 7.72. The van der Waals surface area contributed by atoms with Crippen LogP contribution >= 0.6 is 27.3 Å². The highest BCUT2D eigenvalue weighted by molar-refractivity contribution is 9.11. The number of hydrogen-bond acceptors (Lipinski definition) is 4. The molecular formula is C13H8BrF3N4S. The molecule has 0 fully saturated rings. The standard InChI is InChI=1S/C13H8BrF3N4S/c14-11-5-4-10(22-11)7-21-19-12(18-20-21)8-2-1-3-9(6-8)13(15,16)17/h1-6H,7H2. The third kappa shape index (κ3) is 3.36. The molecule has 3 rings (SSSR count). The first-order chi connectivity index (χ1) is 10.4. The van der Waals surface area contributed by atoms with Crippen molar-refractivity contribution in [1.29, 1.82) is 0 Å². The van der Waals surface area contributed by atoms with Crippen LogP contribution in [0.2, 0.25) is 0 Å². The molecule has 9 heteroatoms. The van der Waals surface area contributed by atoms with E-state index >= 15 is 0 Å². The average molecular weight is 389 g/mol. The molecule has 0 unspecified atom stereocenters. The third-order valence-corrected chi connectivity index (χ3v) is 4.44. The van der Waals surface area contributed by atoms with Crippen LogP contribution in [0, 0.1) is 0 Å². The van der Waals surface area contributed by atoms with Gasteiger partial charge in [-0.3, -0.25) is 0 Å². The summed E-state index contributed by atoms with van der Waals surface area (Å²) in [5, 5.41) is 11.8. The molecule has 114 valence electrons. The number of alkyl halides is 3. The van der Waals surface area contributed by atoms with E-state index in [0.717, 1.165) is 20.8 Å². The van der Waals surface area contributed by atoms with Crippen molar-refractivity contribution >= 4 is 27.3 Å². The van der Waals surface area contributed by atoms with Crippen molar-refractivity contribution < 1.29 is 13.2 Å². The highest BCUT2D eigenvalue weighted by atomic mass is 79.9. The summed E-state index contributed by atoms with van der Waals surface area (Å²) >= 11 is 4.89. The van der Waals surface area contributed by atoms with Crippen LogP contribution < -0.4 is 0 Å². The van der Waals surface area contributed by atoms with Gasteiger partial charge in [-0.25, -0.2) is 0 Å². The SMILES string of the molecule is FC(F)(F)c1cccc(-c2nnn(Cc3ccc(Br)s3)n2)c1. The number of nitrogens with zero attached hydrogens (tertiary/aromatic N) is 4. The largest absolute Gasteiger partial charge is 0.416 e. The lowest BCUT2D eigenvalue weighted by atomic mass is 10.1. The van der Waals surface area contributed by atoms with Gasteiger partial charge >= 0.3 is 6.18 Å². The summed E-state index contributed by atoms with van der Waals surface area (Å²) < 4.78 is 39.1. The van der Waals surface area contributed by atoms with Gasteiger partial charge in [0.1, 0.15) is 0 Å². The molecule has 1 aromatic carbocycles. The number of benzene rings is 1. The van der Waals surface area contributed by atoms with Gasteiger partial charge in [0.25, 0.3) is 0 Å². The fourth-order valence-electron chi connectivity index (χ4n) is 1.84. The molecule has 0 aliphatic rings. The Labute approximate surface area is 135 Å². The Morgan fingerprint density at radius 1 is 1.18 bits per heavy atom. The molecule has 0 radical (unpaired) electrons. The summed E-state index contributed by atoms with van der Waals surface area (Å²) in [7, 11) is 0. The van der Waals surface area contributed by atoms with Crippen LogP contribution in [0.4, 0.5) is 13.2 Å². The first-order valence-electron chi connectivity index (χ1n) is 6.11. The second kappa shape index (κ2) is 5.81. The molecule has 0 amide bonds. The molecule has 4 nitrogen and oxygen atoms in total. The van der Waals surface area contributed by atoms with Gasteiger partial charge in [-0.2, -0.15) is 18.0 Å². The summed E-state index contributed by atoms with van der Waals surface area (Å²) in [5.41, 5.74) is -0.447. The second-order valence-electron chi connectivity index (χ2n) is 4.43. The average Bonchev–Trinajstić information content (AvgIpc) is 3.08. The van der Waals surface area contributed by atoms with Crippen LogP contribution in [0.1, 0.15) is 10.4 Å². The van der Waals surface area contributed by atoms with Crippen molar-refractivity contribution in [3.8, 4) is 11.4 Å². The quantitative estimate of drug-likeness (QED) is 0.674. The van der Waals surface area contributed by atoms with Gasteiger partial charge in [0.2, 0.25) is 5.82 Å². The molecule has 0 N–H and O–H groups in total. The van der Waals surface area contributed by atoms with Crippen molar-refractivity contribution in [1.82, 2.24) is 20.2 Å². The Morgan fingerprint density at radius 3 is 2.68 bits per heavy atom. The van der Waals surface area contributed by atoms with Crippen molar-refractivity contribution in [2.24, 2.45) is 0 Å². The second-order valence-corrected chi connectivity index (χ2v) is 6.98. The van der Waals surface area contributed by atoms with Crippen LogP contribution in [0.3, 0.4) is 0 Å². The zero-order valence-corrected chi connectivity index (χ0v) is 13.3. The predicted molar refractivity (Wildman–Crippen MR) is 79.4 cm³/mol. The molecule has 0 aliphatic carbocycles. The minimum atomic E-state index is -4.39. The number of hydrogen-bond donors (Lipinski definition) is 0. The number of rotatable bonds is 3. The molecule has 0 bridgehead atoms. The van der Waals surface area contributed by atoms with Crippen molar-refractivity contribution in [2.45, 2.75) is 12.7 Å². The molecule has 22 heavy (non-hydrogen) atoms. The highest BCUT2D eigenvalue weighted by Crippen LogP contribution is 2.31. The van der Waals surface area contributed by atoms with Gasteiger partial charge in [0.15, 0.2) is 0 Å². The Kier molecular flexibility index (Phi) is 4.00. The number of tetrazole rings is 1. The van der Waals surface area contributed by atoms with E-state index in [4.69, 9.17) is 0 Å². The minimum absolute atomic E-state index is 0.168. The molecule has 0 spiro atoms. The van der Waals surface area contributed by atoms with Gasteiger partial charge < -0.3 is 0 Å². The van der Waals surface area contributed by atoms with E-state index in [2.05, 4.69) is 31.3 Å². The minimum Gasteiger partial charge on any atom is -0.166 e.